The number of allylic oxidation sites excluding steroid dienone is 1. The first-order valence-corrected chi connectivity index (χ1v) is 8.98. The summed E-state index contributed by atoms with van der Waals surface area (Å²) < 4.78 is 17.2. The van der Waals surface area contributed by atoms with E-state index in [4.69, 9.17) is 14.2 Å². The maximum absolute atomic E-state index is 12.0. The van der Waals surface area contributed by atoms with Gasteiger partial charge in [-0.15, -0.1) is 0 Å². The van der Waals surface area contributed by atoms with Crippen molar-refractivity contribution in [1.82, 2.24) is 4.90 Å². The number of carbonyl (C=O) groups excluding carboxylic acids is 1. The second kappa shape index (κ2) is 7.23. The van der Waals surface area contributed by atoms with Crippen molar-refractivity contribution < 1.29 is 19.0 Å². The number of hydrogen-bond donors (Lipinski definition) is 0. The first-order chi connectivity index (χ1) is 12.2. The van der Waals surface area contributed by atoms with E-state index >= 15 is 0 Å². The maximum Gasteiger partial charge on any atom is 0.410 e. The average Bonchev–Trinajstić information content (AvgIpc) is 2.93. The molecule has 0 bridgehead atoms. The van der Waals surface area contributed by atoms with Gasteiger partial charge in [-0.25, -0.2) is 14.8 Å². The quantitative estimate of drug-likeness (QED) is 0.758. The predicted molar refractivity (Wildman–Crippen MR) is 99.4 cm³/mol. The van der Waals surface area contributed by atoms with E-state index in [9.17, 15) is 4.79 Å². The summed E-state index contributed by atoms with van der Waals surface area (Å²) in [7, 11) is 0. The highest BCUT2D eigenvalue weighted by molar-refractivity contribution is 5.90. The van der Waals surface area contributed by atoms with Crippen molar-refractivity contribution in [2.75, 3.05) is 19.7 Å². The molecule has 1 atom stereocenters. The zero-order valence-corrected chi connectivity index (χ0v) is 15.9. The van der Waals surface area contributed by atoms with E-state index in [0.717, 1.165) is 17.8 Å². The number of amides is 1. The molecule has 3 heterocycles. The molecule has 0 spiro atoms. The van der Waals surface area contributed by atoms with Gasteiger partial charge in [-0.2, -0.15) is 0 Å². The van der Waals surface area contributed by atoms with Crippen molar-refractivity contribution in [3.63, 3.8) is 0 Å². The second-order valence-electron chi connectivity index (χ2n) is 7.77. The third kappa shape index (κ3) is 4.52. The molecule has 1 saturated heterocycles. The van der Waals surface area contributed by atoms with Crippen LogP contribution in [0.3, 0.4) is 0 Å². The van der Waals surface area contributed by atoms with Gasteiger partial charge in [0.25, 0.3) is 0 Å². The van der Waals surface area contributed by atoms with E-state index in [-0.39, 0.29) is 18.3 Å². The minimum absolute atomic E-state index is 0.0365. The number of ether oxygens (including phenoxy) is 3. The molecule has 3 rings (SSSR count). The third-order valence-corrected chi connectivity index (χ3v) is 4.29. The molecular formula is C19H27N3O4. The monoisotopic (exact) mass is 361 g/mol. The molecule has 3 aliphatic rings. The molecule has 0 aromatic carbocycles. The molecule has 0 N–H and O–H groups in total. The van der Waals surface area contributed by atoms with Crippen LogP contribution in [-0.2, 0) is 14.2 Å². The van der Waals surface area contributed by atoms with Gasteiger partial charge in [-0.05, 0) is 27.7 Å². The van der Waals surface area contributed by atoms with Crippen LogP contribution in [0.5, 0.6) is 0 Å². The predicted octanol–water partition coefficient (Wildman–Crippen LogP) is 3.07. The van der Waals surface area contributed by atoms with Crippen molar-refractivity contribution in [2.24, 2.45) is 9.98 Å². The van der Waals surface area contributed by atoms with Gasteiger partial charge in [-0.3, -0.25) is 0 Å². The van der Waals surface area contributed by atoms with Crippen LogP contribution in [0.4, 0.5) is 4.79 Å². The van der Waals surface area contributed by atoms with E-state index in [1.807, 2.05) is 27.7 Å². The van der Waals surface area contributed by atoms with Crippen LogP contribution in [0.25, 0.3) is 0 Å². The second-order valence-corrected chi connectivity index (χ2v) is 7.77. The molecule has 0 aliphatic carbocycles. The Balaban J connectivity index is 1.59. The van der Waals surface area contributed by atoms with Crippen molar-refractivity contribution in [2.45, 2.75) is 58.3 Å². The van der Waals surface area contributed by atoms with Gasteiger partial charge in [0.05, 0.1) is 31.5 Å². The molecule has 1 fully saturated rings. The topological polar surface area (TPSA) is 72.7 Å². The molecule has 7 nitrogen and oxygen atoms in total. The molecule has 0 aromatic heterocycles. The highest BCUT2D eigenvalue weighted by Crippen LogP contribution is 2.30. The Morgan fingerprint density at radius 2 is 2.12 bits per heavy atom. The molecule has 0 radical (unpaired) electrons. The molecule has 3 aliphatic heterocycles. The summed E-state index contributed by atoms with van der Waals surface area (Å²) in [6.07, 6.45) is 2.62. The van der Waals surface area contributed by atoms with Crippen molar-refractivity contribution in [3.05, 3.63) is 23.6 Å². The molecule has 0 unspecified atom stereocenters. The van der Waals surface area contributed by atoms with Crippen molar-refractivity contribution in [1.29, 1.82) is 0 Å². The summed E-state index contributed by atoms with van der Waals surface area (Å²) in [5, 5.41) is 0. The highest BCUT2D eigenvalue weighted by Gasteiger charge is 2.36. The van der Waals surface area contributed by atoms with E-state index < -0.39 is 5.60 Å². The average molecular weight is 361 g/mol. The number of nitrogens with zero attached hydrogens (tertiary/aromatic N) is 3. The van der Waals surface area contributed by atoms with Crippen LogP contribution in [0.15, 0.2) is 33.6 Å². The molecule has 142 valence electrons. The van der Waals surface area contributed by atoms with Crippen LogP contribution in [-0.4, -0.2) is 60.5 Å². The number of rotatable bonds is 2. The summed E-state index contributed by atoms with van der Waals surface area (Å²) in [6.45, 7) is 13.1. The number of aliphatic imine (C=N–C) groups is 2. The zero-order valence-electron chi connectivity index (χ0n) is 15.9. The van der Waals surface area contributed by atoms with Crippen LogP contribution in [0.1, 0.15) is 40.5 Å². The minimum Gasteiger partial charge on any atom is -0.497 e. The van der Waals surface area contributed by atoms with Gasteiger partial charge >= 0.3 is 6.09 Å². The largest absolute Gasteiger partial charge is 0.497 e. The van der Waals surface area contributed by atoms with Crippen LogP contribution >= 0.6 is 0 Å². The number of likely N-dealkylation sites (tertiary alicyclic amines) is 1. The highest BCUT2D eigenvalue weighted by atomic mass is 16.6. The Morgan fingerprint density at radius 3 is 2.81 bits per heavy atom. The lowest BCUT2D eigenvalue weighted by Crippen LogP contribution is -2.56. The van der Waals surface area contributed by atoms with E-state index in [1.54, 1.807) is 11.1 Å². The molecule has 7 heteroatoms. The van der Waals surface area contributed by atoms with Crippen molar-refractivity contribution in [3.8, 4) is 0 Å². The van der Waals surface area contributed by atoms with Gasteiger partial charge < -0.3 is 19.1 Å². The minimum atomic E-state index is -0.491. The number of amidine groups is 1. The molecule has 1 amide bonds. The lowest BCUT2D eigenvalue weighted by Gasteiger charge is -2.40. The normalized spacial score (nSPS) is 27.4. The first-order valence-electron chi connectivity index (χ1n) is 8.98. The third-order valence-electron chi connectivity index (χ3n) is 4.29. The van der Waals surface area contributed by atoms with E-state index in [0.29, 0.717) is 37.6 Å². The lowest BCUT2D eigenvalue weighted by atomic mass is 10.1. The van der Waals surface area contributed by atoms with Crippen LogP contribution < -0.4 is 0 Å². The summed E-state index contributed by atoms with van der Waals surface area (Å²) in [5.41, 5.74) is 1.27. The summed E-state index contributed by atoms with van der Waals surface area (Å²) in [4.78, 5) is 22.5. The first kappa shape index (κ1) is 18.6. The van der Waals surface area contributed by atoms with Gasteiger partial charge in [0.1, 0.15) is 23.3 Å². The Labute approximate surface area is 154 Å². The number of carbonyl (C=O) groups is 1. The maximum atomic E-state index is 12.0. The summed E-state index contributed by atoms with van der Waals surface area (Å²) >= 11 is 0. The van der Waals surface area contributed by atoms with Crippen molar-refractivity contribution >= 4 is 18.1 Å². The zero-order chi connectivity index (χ0) is 18.9. The molecule has 0 saturated carbocycles. The smallest absolute Gasteiger partial charge is 0.410 e. The molecule has 0 aromatic rings. The fourth-order valence-corrected chi connectivity index (χ4v) is 3.04. The fourth-order valence-electron chi connectivity index (χ4n) is 3.04. The van der Waals surface area contributed by atoms with Gasteiger partial charge in [0.2, 0.25) is 0 Å². The van der Waals surface area contributed by atoms with Gasteiger partial charge in [0, 0.05) is 24.6 Å². The Morgan fingerprint density at radius 1 is 1.38 bits per heavy atom. The van der Waals surface area contributed by atoms with Gasteiger partial charge in [-0.1, -0.05) is 6.58 Å². The number of hydrogen-bond acceptors (Lipinski definition) is 6. The molecular weight excluding hydrogens is 334 g/mol. The van der Waals surface area contributed by atoms with Crippen LogP contribution in [0.2, 0.25) is 0 Å². The fraction of sp³-hybridized carbons (Fsp3) is 0.632. The standard InChI is InChI=1S/C19H27N3O4/c1-12-16-6-7-24-17(16)8-14(9-20-13(2)21-12)25-15-10-22(11-15)18(23)26-19(3,4)5/h9,14-15H,1,6-8,10-11H2,2-5H3/b20-9-,21-13-/t14-/m0/s1. The van der Waals surface area contributed by atoms with Crippen LogP contribution in [0, 0.1) is 0 Å². The van der Waals surface area contributed by atoms with E-state index in [1.165, 1.54) is 0 Å². The summed E-state index contributed by atoms with van der Waals surface area (Å²) in [5.74, 6) is 1.53. The van der Waals surface area contributed by atoms with E-state index in [2.05, 4.69) is 16.6 Å². The Hall–Kier alpha value is -2.15. The Kier molecular flexibility index (Phi) is 5.18. The Bertz CT molecular complexity index is 681. The molecule has 26 heavy (non-hydrogen) atoms. The summed E-state index contributed by atoms with van der Waals surface area (Å²) in [6, 6.07) is 0. The lowest BCUT2D eigenvalue weighted by molar-refractivity contribution is -0.0764. The van der Waals surface area contributed by atoms with Gasteiger partial charge in [0.15, 0.2) is 0 Å². The SMILES string of the molecule is C=C1/N=C(C)\N=C/[C@@H](OC2CN(C(=O)OC(C)(C)C)C2)CC2=C1CCO2.